The Labute approximate surface area is 95.0 Å². The Morgan fingerprint density at radius 2 is 2.31 bits per heavy atom. The molecular formula is C12H15N3O. The molecule has 1 amide bonds. The molecule has 0 N–H and O–H groups in total. The maximum absolute atomic E-state index is 11.1. The van der Waals surface area contributed by atoms with Gasteiger partial charge in [0.25, 0.3) is 0 Å². The lowest BCUT2D eigenvalue weighted by atomic mass is 10.0. The lowest BCUT2D eigenvalue weighted by Crippen LogP contribution is -2.30. The van der Waals surface area contributed by atoms with Crippen LogP contribution in [0, 0.1) is 0 Å². The van der Waals surface area contributed by atoms with Gasteiger partial charge in [0, 0.05) is 25.9 Å². The zero-order valence-electron chi connectivity index (χ0n) is 9.60. The number of nitrogens with zero attached hydrogens (tertiary/aromatic N) is 3. The molecule has 0 bridgehead atoms. The molecule has 0 atom stereocenters. The first-order valence-electron chi connectivity index (χ1n) is 5.39. The number of aromatic nitrogens is 1. The summed E-state index contributed by atoms with van der Waals surface area (Å²) in [4.78, 5) is 21.5. The summed E-state index contributed by atoms with van der Waals surface area (Å²) in [6, 6.07) is 3.98. The van der Waals surface area contributed by atoms with E-state index in [1.54, 1.807) is 25.1 Å². The number of carbonyl (C=O) groups is 1. The minimum absolute atomic E-state index is 0.0644. The van der Waals surface area contributed by atoms with Gasteiger partial charge in [0.05, 0.1) is 6.54 Å². The number of rotatable bonds is 2. The highest BCUT2D eigenvalue weighted by atomic mass is 16.2. The Kier molecular flexibility index (Phi) is 2.99. The Hall–Kier alpha value is -1.71. The first-order chi connectivity index (χ1) is 7.66. The molecule has 0 unspecified atom stereocenters. The largest absolute Gasteiger partial charge is 0.340 e. The van der Waals surface area contributed by atoms with Crippen LogP contribution in [0.15, 0.2) is 23.3 Å². The van der Waals surface area contributed by atoms with Crippen LogP contribution in [0.25, 0.3) is 0 Å². The van der Waals surface area contributed by atoms with Gasteiger partial charge in [-0.1, -0.05) is 6.07 Å². The summed E-state index contributed by atoms with van der Waals surface area (Å²) in [5.74, 6) is 0.871. The van der Waals surface area contributed by atoms with Gasteiger partial charge >= 0.3 is 0 Å². The van der Waals surface area contributed by atoms with E-state index in [2.05, 4.69) is 16.0 Å². The van der Waals surface area contributed by atoms with Crippen LogP contribution in [0.3, 0.4) is 0 Å². The molecule has 1 aromatic heterocycles. The van der Waals surface area contributed by atoms with Gasteiger partial charge in [-0.2, -0.15) is 0 Å². The fourth-order valence-corrected chi connectivity index (χ4v) is 1.71. The zero-order chi connectivity index (χ0) is 11.5. The third-order valence-electron chi connectivity index (χ3n) is 2.77. The van der Waals surface area contributed by atoms with Gasteiger partial charge < -0.3 is 4.90 Å². The summed E-state index contributed by atoms with van der Waals surface area (Å²) in [7, 11) is 1.79. The molecule has 0 aromatic carbocycles. The fourth-order valence-electron chi connectivity index (χ4n) is 1.71. The molecule has 0 spiro atoms. The topological polar surface area (TPSA) is 45.6 Å². The molecule has 4 heteroatoms. The fraction of sp³-hybridized carbons (Fsp3) is 0.417. The van der Waals surface area contributed by atoms with Gasteiger partial charge in [-0.05, 0) is 24.5 Å². The highest BCUT2D eigenvalue weighted by molar-refractivity contribution is 5.92. The minimum atomic E-state index is 0.0644. The van der Waals surface area contributed by atoms with Crippen molar-refractivity contribution >= 4 is 17.4 Å². The SMILES string of the molecule is CC(=O)N(C)CC1=Nc2ncccc2CC1. The molecule has 1 aromatic rings. The summed E-state index contributed by atoms with van der Waals surface area (Å²) in [6.45, 7) is 2.17. The van der Waals surface area contributed by atoms with Crippen molar-refractivity contribution in [3.8, 4) is 0 Å². The predicted octanol–water partition coefficient (Wildman–Crippen LogP) is 1.58. The van der Waals surface area contributed by atoms with Crippen molar-refractivity contribution in [3.05, 3.63) is 23.9 Å². The number of hydrogen-bond donors (Lipinski definition) is 0. The third kappa shape index (κ3) is 2.27. The second-order valence-corrected chi connectivity index (χ2v) is 4.04. The van der Waals surface area contributed by atoms with E-state index >= 15 is 0 Å². The number of aryl methyl sites for hydroxylation is 1. The van der Waals surface area contributed by atoms with Gasteiger partial charge in [0.1, 0.15) is 0 Å². The Morgan fingerprint density at radius 3 is 3.06 bits per heavy atom. The maximum Gasteiger partial charge on any atom is 0.219 e. The second kappa shape index (κ2) is 4.43. The maximum atomic E-state index is 11.1. The molecule has 2 heterocycles. The molecule has 1 aliphatic heterocycles. The van der Waals surface area contributed by atoms with E-state index in [1.165, 1.54) is 5.56 Å². The summed E-state index contributed by atoms with van der Waals surface area (Å²) >= 11 is 0. The normalized spacial score (nSPS) is 14.0. The number of amides is 1. The molecule has 84 valence electrons. The number of carbonyl (C=O) groups excluding carboxylic acids is 1. The molecule has 2 rings (SSSR count). The van der Waals surface area contributed by atoms with Crippen molar-refractivity contribution in [1.82, 2.24) is 9.88 Å². The number of fused-ring (bicyclic) bond motifs is 1. The van der Waals surface area contributed by atoms with Crippen molar-refractivity contribution in [2.24, 2.45) is 4.99 Å². The molecule has 0 radical (unpaired) electrons. The standard InChI is InChI=1S/C12H15N3O/c1-9(16)15(2)8-11-6-5-10-4-3-7-13-12(10)14-11/h3-4,7H,5-6,8H2,1-2H3. The van der Waals surface area contributed by atoms with Gasteiger partial charge in [0.2, 0.25) is 5.91 Å². The predicted molar refractivity (Wildman–Crippen MR) is 63.0 cm³/mol. The first-order valence-corrected chi connectivity index (χ1v) is 5.39. The second-order valence-electron chi connectivity index (χ2n) is 4.04. The lowest BCUT2D eigenvalue weighted by molar-refractivity contribution is -0.126. The molecule has 4 nitrogen and oxygen atoms in total. The van der Waals surface area contributed by atoms with Gasteiger partial charge in [-0.15, -0.1) is 0 Å². The molecule has 1 aliphatic rings. The van der Waals surface area contributed by atoms with Crippen molar-refractivity contribution in [3.63, 3.8) is 0 Å². The van der Waals surface area contributed by atoms with Crippen molar-refractivity contribution in [1.29, 1.82) is 0 Å². The number of hydrogen-bond acceptors (Lipinski definition) is 3. The summed E-state index contributed by atoms with van der Waals surface area (Å²) in [6.07, 6.45) is 3.63. The zero-order valence-corrected chi connectivity index (χ0v) is 9.60. The monoisotopic (exact) mass is 217 g/mol. The molecule has 16 heavy (non-hydrogen) atoms. The Balaban J connectivity index is 2.15. The van der Waals surface area contributed by atoms with Crippen molar-refractivity contribution in [2.45, 2.75) is 19.8 Å². The van der Waals surface area contributed by atoms with Crippen LogP contribution in [-0.2, 0) is 11.2 Å². The summed E-state index contributed by atoms with van der Waals surface area (Å²) < 4.78 is 0. The van der Waals surface area contributed by atoms with E-state index in [9.17, 15) is 4.79 Å². The molecule has 0 saturated heterocycles. The van der Waals surface area contributed by atoms with E-state index in [-0.39, 0.29) is 5.91 Å². The molecular weight excluding hydrogens is 202 g/mol. The lowest BCUT2D eigenvalue weighted by Gasteiger charge is -2.19. The van der Waals surface area contributed by atoms with E-state index < -0.39 is 0 Å². The van der Waals surface area contributed by atoms with Gasteiger partial charge in [-0.25, -0.2) is 9.98 Å². The molecule has 0 saturated carbocycles. The van der Waals surface area contributed by atoms with Crippen molar-refractivity contribution < 1.29 is 4.79 Å². The van der Waals surface area contributed by atoms with E-state index in [4.69, 9.17) is 0 Å². The van der Waals surface area contributed by atoms with Crippen LogP contribution in [0.1, 0.15) is 18.9 Å². The van der Waals surface area contributed by atoms with E-state index in [0.29, 0.717) is 6.54 Å². The van der Waals surface area contributed by atoms with Crippen molar-refractivity contribution in [2.75, 3.05) is 13.6 Å². The smallest absolute Gasteiger partial charge is 0.219 e. The summed E-state index contributed by atoms with van der Waals surface area (Å²) in [5, 5.41) is 0. The van der Waals surface area contributed by atoms with Crippen LogP contribution in [0.4, 0.5) is 5.82 Å². The van der Waals surface area contributed by atoms with Crippen LogP contribution in [-0.4, -0.2) is 35.1 Å². The highest BCUT2D eigenvalue weighted by Crippen LogP contribution is 2.22. The number of aliphatic imine (C=N–C) groups is 1. The van der Waals surface area contributed by atoms with Crippen LogP contribution < -0.4 is 0 Å². The average Bonchev–Trinajstić information content (AvgIpc) is 2.28. The molecule has 0 aliphatic carbocycles. The summed E-state index contributed by atoms with van der Waals surface area (Å²) in [5.41, 5.74) is 2.22. The third-order valence-corrected chi connectivity index (χ3v) is 2.77. The van der Waals surface area contributed by atoms with E-state index in [0.717, 1.165) is 24.4 Å². The van der Waals surface area contributed by atoms with E-state index in [1.807, 2.05) is 6.07 Å². The average molecular weight is 217 g/mol. The Morgan fingerprint density at radius 1 is 1.50 bits per heavy atom. The quantitative estimate of drug-likeness (QED) is 0.755. The number of pyridine rings is 1. The first kappa shape index (κ1) is 10.8. The Bertz CT molecular complexity index is 440. The van der Waals surface area contributed by atoms with Crippen LogP contribution >= 0.6 is 0 Å². The van der Waals surface area contributed by atoms with Crippen LogP contribution in [0.2, 0.25) is 0 Å². The minimum Gasteiger partial charge on any atom is -0.340 e. The molecule has 0 fully saturated rings. The van der Waals surface area contributed by atoms with Crippen LogP contribution in [0.5, 0.6) is 0 Å². The highest BCUT2D eigenvalue weighted by Gasteiger charge is 2.14. The van der Waals surface area contributed by atoms with Gasteiger partial charge in [0.15, 0.2) is 5.82 Å². The van der Waals surface area contributed by atoms with Gasteiger partial charge in [-0.3, -0.25) is 4.79 Å².